The van der Waals surface area contributed by atoms with Gasteiger partial charge < -0.3 is 5.11 Å². The quantitative estimate of drug-likeness (QED) is 0.718. The van der Waals surface area contributed by atoms with Gasteiger partial charge in [-0.3, -0.25) is 4.98 Å². The Kier molecular flexibility index (Phi) is 4.31. The van der Waals surface area contributed by atoms with Gasteiger partial charge in [0.15, 0.2) is 15.7 Å². The zero-order valence-corrected chi connectivity index (χ0v) is 14.6. The van der Waals surface area contributed by atoms with E-state index in [9.17, 15) is 26.7 Å². The number of hydrogen-bond acceptors (Lipinski definition) is 6. The second kappa shape index (κ2) is 6.09. The highest BCUT2D eigenvalue weighted by atomic mass is 35.5. The summed E-state index contributed by atoms with van der Waals surface area (Å²) in [5, 5.41) is 13.4. The van der Waals surface area contributed by atoms with E-state index in [1.165, 1.54) is 6.92 Å². The first-order valence-corrected chi connectivity index (χ1v) is 9.12. The van der Waals surface area contributed by atoms with Gasteiger partial charge in [-0.05, 0) is 12.1 Å². The number of hydrogen-bond donors (Lipinski definition) is 1. The minimum absolute atomic E-state index is 0.0738. The van der Waals surface area contributed by atoms with Gasteiger partial charge in [0, 0.05) is 12.3 Å². The lowest BCUT2D eigenvalue weighted by molar-refractivity contribution is -0.141. The third-order valence-electron chi connectivity index (χ3n) is 3.53. The highest BCUT2D eigenvalue weighted by molar-refractivity contribution is 7.91. The Balaban J connectivity index is 2.30. The molecule has 0 atom stereocenters. The summed E-state index contributed by atoms with van der Waals surface area (Å²) >= 11 is 6.14. The van der Waals surface area contributed by atoms with Gasteiger partial charge in [-0.1, -0.05) is 18.5 Å². The third kappa shape index (κ3) is 3.07. The van der Waals surface area contributed by atoms with Crippen LogP contribution in [0.4, 0.5) is 13.2 Å². The van der Waals surface area contributed by atoms with E-state index >= 15 is 0 Å². The molecule has 26 heavy (non-hydrogen) atoms. The Morgan fingerprint density at radius 1 is 1.31 bits per heavy atom. The van der Waals surface area contributed by atoms with Gasteiger partial charge in [0.05, 0.1) is 16.7 Å². The van der Waals surface area contributed by atoms with Crippen molar-refractivity contribution in [3.8, 4) is 11.7 Å². The first-order valence-electron chi connectivity index (χ1n) is 7.09. The van der Waals surface area contributed by atoms with Crippen LogP contribution in [0.3, 0.4) is 0 Å². The number of pyridine rings is 2. The lowest BCUT2D eigenvalue weighted by Crippen LogP contribution is -2.11. The molecule has 0 amide bonds. The number of aromatic hydroxyl groups is 1. The molecule has 0 fully saturated rings. The lowest BCUT2D eigenvalue weighted by Gasteiger charge is -2.09. The van der Waals surface area contributed by atoms with E-state index in [2.05, 4.69) is 15.1 Å². The van der Waals surface area contributed by atoms with Crippen molar-refractivity contribution in [3.05, 3.63) is 35.2 Å². The molecule has 0 saturated carbocycles. The van der Waals surface area contributed by atoms with E-state index in [-0.39, 0.29) is 32.5 Å². The van der Waals surface area contributed by atoms with Crippen LogP contribution in [0.2, 0.25) is 5.15 Å². The Labute approximate surface area is 150 Å². The van der Waals surface area contributed by atoms with Crippen LogP contribution >= 0.6 is 11.6 Å². The van der Waals surface area contributed by atoms with Crippen molar-refractivity contribution in [1.82, 2.24) is 19.7 Å². The molecule has 0 radical (unpaired) electrons. The highest BCUT2D eigenvalue weighted by Crippen LogP contribution is 2.33. The normalized spacial score (nSPS) is 12.7. The molecule has 3 rings (SSSR count). The van der Waals surface area contributed by atoms with Crippen molar-refractivity contribution in [2.24, 2.45) is 0 Å². The van der Waals surface area contributed by atoms with E-state index < -0.39 is 27.6 Å². The van der Waals surface area contributed by atoms with Crippen molar-refractivity contribution >= 4 is 32.3 Å². The predicted molar refractivity (Wildman–Crippen MR) is 86.1 cm³/mol. The van der Waals surface area contributed by atoms with Gasteiger partial charge in [-0.15, -0.1) is 0 Å². The molecular weight excluding hydrogens is 397 g/mol. The molecule has 0 saturated heterocycles. The summed E-state index contributed by atoms with van der Waals surface area (Å²) in [5.41, 5.74) is -1.32. The molecule has 0 unspecified atom stereocenters. The Bertz CT molecular complexity index is 1110. The first kappa shape index (κ1) is 18.4. The second-order valence-electron chi connectivity index (χ2n) is 5.18. The summed E-state index contributed by atoms with van der Waals surface area (Å²) in [5.74, 6) is -1.08. The fourth-order valence-corrected chi connectivity index (χ4v) is 3.48. The van der Waals surface area contributed by atoms with Crippen LogP contribution in [0, 0.1) is 0 Å². The SMILES string of the molecule is CCS(=O)(=O)c1ccc(O)nc1-n1nc2cc(C(F)(F)F)ncc2c1Cl. The van der Waals surface area contributed by atoms with E-state index in [0.29, 0.717) is 6.07 Å². The molecule has 0 aromatic carbocycles. The van der Waals surface area contributed by atoms with E-state index in [1.807, 2.05) is 0 Å². The maximum atomic E-state index is 12.8. The molecule has 12 heteroatoms. The molecule has 3 aromatic heterocycles. The number of alkyl halides is 3. The van der Waals surface area contributed by atoms with Gasteiger partial charge in [0.25, 0.3) is 0 Å². The van der Waals surface area contributed by atoms with Crippen LogP contribution in [0.25, 0.3) is 16.7 Å². The van der Waals surface area contributed by atoms with Gasteiger partial charge in [0.1, 0.15) is 15.7 Å². The van der Waals surface area contributed by atoms with Gasteiger partial charge in [-0.25, -0.2) is 13.1 Å². The van der Waals surface area contributed by atoms with Crippen molar-refractivity contribution < 1.29 is 26.7 Å². The van der Waals surface area contributed by atoms with E-state index in [0.717, 1.165) is 23.0 Å². The van der Waals surface area contributed by atoms with Crippen LogP contribution in [-0.4, -0.2) is 39.0 Å². The molecule has 0 spiro atoms. The third-order valence-corrected chi connectivity index (χ3v) is 5.64. The van der Waals surface area contributed by atoms with Gasteiger partial charge in [0.2, 0.25) is 5.88 Å². The van der Waals surface area contributed by atoms with Crippen molar-refractivity contribution in [1.29, 1.82) is 0 Å². The smallest absolute Gasteiger partial charge is 0.433 e. The summed E-state index contributed by atoms with van der Waals surface area (Å²) in [6, 6.07) is 2.89. The molecule has 3 heterocycles. The molecule has 0 aliphatic heterocycles. The minimum Gasteiger partial charge on any atom is -0.493 e. The fraction of sp³-hybridized carbons (Fsp3) is 0.214. The summed E-state index contributed by atoms with van der Waals surface area (Å²) in [7, 11) is -3.77. The molecule has 7 nitrogen and oxygen atoms in total. The van der Waals surface area contributed by atoms with Crippen molar-refractivity contribution in [2.45, 2.75) is 18.0 Å². The number of sulfone groups is 1. The molecular formula is C14H10ClF3N4O3S. The van der Waals surface area contributed by atoms with E-state index in [1.54, 1.807) is 0 Å². The number of aromatic nitrogens is 4. The standard InChI is InChI=1S/C14H10ClF3N4O3S/c1-2-26(24,25)9-3-4-11(23)20-13(9)22-12(15)7-6-19-10(14(16,17)18)5-8(7)21-22/h3-6H,2H2,1H3,(H,20,23). The van der Waals surface area contributed by atoms with Crippen LogP contribution in [-0.2, 0) is 16.0 Å². The summed E-state index contributed by atoms with van der Waals surface area (Å²) in [6.45, 7) is 1.41. The average molecular weight is 407 g/mol. The number of nitrogens with zero attached hydrogens (tertiary/aromatic N) is 4. The number of halogens is 4. The zero-order valence-electron chi connectivity index (χ0n) is 13.0. The molecule has 1 N–H and O–H groups in total. The van der Waals surface area contributed by atoms with Gasteiger partial charge in [-0.2, -0.15) is 23.3 Å². The van der Waals surface area contributed by atoms with Crippen molar-refractivity contribution in [3.63, 3.8) is 0 Å². The van der Waals surface area contributed by atoms with E-state index in [4.69, 9.17) is 11.6 Å². The predicted octanol–water partition coefficient (Wildman–Crippen LogP) is 2.99. The highest BCUT2D eigenvalue weighted by Gasteiger charge is 2.33. The van der Waals surface area contributed by atoms with Crippen LogP contribution in [0.15, 0.2) is 29.3 Å². The number of fused-ring (bicyclic) bond motifs is 1. The topological polar surface area (TPSA) is 98.0 Å². The van der Waals surface area contributed by atoms with Gasteiger partial charge >= 0.3 is 6.18 Å². The summed E-state index contributed by atoms with van der Waals surface area (Å²) in [4.78, 5) is 6.77. The average Bonchev–Trinajstić information content (AvgIpc) is 2.90. The Morgan fingerprint density at radius 3 is 2.62 bits per heavy atom. The summed E-state index contributed by atoms with van der Waals surface area (Å²) < 4.78 is 63.8. The maximum Gasteiger partial charge on any atom is 0.433 e. The van der Waals surface area contributed by atoms with Crippen LogP contribution in [0.5, 0.6) is 5.88 Å². The molecule has 0 aliphatic rings. The Morgan fingerprint density at radius 2 is 2.00 bits per heavy atom. The maximum absolute atomic E-state index is 12.8. The molecule has 0 aliphatic carbocycles. The summed E-state index contributed by atoms with van der Waals surface area (Å²) in [6.07, 6.45) is -3.79. The first-order chi connectivity index (χ1) is 12.0. The zero-order chi connectivity index (χ0) is 19.3. The Hall–Kier alpha value is -2.40. The largest absolute Gasteiger partial charge is 0.493 e. The number of rotatable bonds is 3. The van der Waals surface area contributed by atoms with Crippen molar-refractivity contribution in [2.75, 3.05) is 5.75 Å². The second-order valence-corrected chi connectivity index (χ2v) is 7.79. The lowest BCUT2D eigenvalue weighted by atomic mass is 10.3. The van der Waals surface area contributed by atoms with Crippen LogP contribution in [0.1, 0.15) is 12.6 Å². The monoisotopic (exact) mass is 406 g/mol. The molecule has 0 bridgehead atoms. The fourth-order valence-electron chi connectivity index (χ4n) is 2.22. The minimum atomic E-state index is -4.68. The molecule has 138 valence electrons. The molecule has 3 aromatic rings. The van der Waals surface area contributed by atoms with Crippen LogP contribution < -0.4 is 0 Å².